The number of carbonyl (C=O) groups excluding carboxylic acids is 2. The van der Waals surface area contributed by atoms with Gasteiger partial charge >= 0.3 is 16.8 Å². The molecule has 1 aromatic heterocycles. The van der Waals surface area contributed by atoms with E-state index < -0.39 is 0 Å². The number of phenolic OH excluding ortho intramolecular Hbond substituents is 1. The number of thioether (sulfide) groups is 1. The summed E-state index contributed by atoms with van der Waals surface area (Å²) < 4.78 is 4.75. The Hall–Kier alpha value is -2.06. The van der Waals surface area contributed by atoms with Crippen molar-refractivity contribution in [2.24, 2.45) is 29.6 Å². The molecule has 0 spiro atoms. The molecular weight excluding hydrogens is 398 g/mol. The molecule has 2 aromatic rings. The van der Waals surface area contributed by atoms with Gasteiger partial charge in [-0.1, -0.05) is 23.5 Å². The minimum Gasteiger partial charge on any atom is -0.508 e. The summed E-state index contributed by atoms with van der Waals surface area (Å²) in [6.45, 7) is 2.17. The third-order valence-electron chi connectivity index (χ3n) is 7.27. The standard InChI is InChI=1S/C20H17NO5S2/c1-20-10-6-9(12-13(10)18(24)26-17(12)23)14(20)11(7-2-4-8(22)5-3-7)15-16(28-20)21-19(25)27-15/h2-5,9-14,22H,6H2,1H3,(H,21,25)/t9-,10+,11+,12-,13-,14-,20+/m1/s1. The van der Waals surface area contributed by atoms with Crippen LogP contribution in [0.3, 0.4) is 0 Å². The van der Waals surface area contributed by atoms with Crippen LogP contribution in [0.15, 0.2) is 34.1 Å². The van der Waals surface area contributed by atoms with Gasteiger partial charge in [-0.3, -0.25) is 14.4 Å². The molecule has 2 bridgehead atoms. The summed E-state index contributed by atoms with van der Waals surface area (Å²) in [4.78, 5) is 40.9. The van der Waals surface area contributed by atoms with Crippen LogP contribution in [0.5, 0.6) is 5.75 Å². The minimum absolute atomic E-state index is 0.0487. The number of nitrogens with one attached hydrogen (secondary N) is 1. The van der Waals surface area contributed by atoms with Gasteiger partial charge in [-0.25, -0.2) is 0 Å². The second kappa shape index (κ2) is 5.30. The van der Waals surface area contributed by atoms with Gasteiger partial charge in [0.2, 0.25) is 0 Å². The summed E-state index contributed by atoms with van der Waals surface area (Å²) >= 11 is 2.88. The average molecular weight is 415 g/mol. The predicted molar refractivity (Wildman–Crippen MR) is 102 cm³/mol. The van der Waals surface area contributed by atoms with E-state index in [1.54, 1.807) is 23.9 Å². The molecule has 2 aliphatic heterocycles. The van der Waals surface area contributed by atoms with Crippen LogP contribution in [0.2, 0.25) is 0 Å². The Morgan fingerprint density at radius 1 is 1.14 bits per heavy atom. The van der Waals surface area contributed by atoms with Gasteiger partial charge in [-0.15, -0.1) is 11.8 Å². The Morgan fingerprint density at radius 3 is 2.61 bits per heavy atom. The summed E-state index contributed by atoms with van der Waals surface area (Å²) in [6.07, 6.45) is 0.831. The van der Waals surface area contributed by atoms with Crippen LogP contribution in [0.4, 0.5) is 0 Å². The summed E-state index contributed by atoms with van der Waals surface area (Å²) in [5, 5.41) is 10.6. The van der Waals surface area contributed by atoms with Gasteiger partial charge in [0.15, 0.2) is 0 Å². The highest BCUT2D eigenvalue weighted by molar-refractivity contribution is 8.00. The first-order chi connectivity index (χ1) is 13.4. The van der Waals surface area contributed by atoms with Gasteiger partial charge in [0.25, 0.3) is 0 Å². The fourth-order valence-corrected chi connectivity index (χ4v) is 9.23. The van der Waals surface area contributed by atoms with E-state index >= 15 is 0 Å². The topological polar surface area (TPSA) is 96.5 Å². The highest BCUT2D eigenvalue weighted by Crippen LogP contribution is 2.73. The van der Waals surface area contributed by atoms with Crippen molar-refractivity contribution in [3.8, 4) is 5.75 Å². The second-order valence-electron chi connectivity index (χ2n) is 8.39. The van der Waals surface area contributed by atoms with E-state index in [2.05, 4.69) is 11.9 Å². The number of carbonyl (C=O) groups is 2. The monoisotopic (exact) mass is 415 g/mol. The van der Waals surface area contributed by atoms with E-state index in [-0.39, 0.29) is 62.8 Å². The lowest BCUT2D eigenvalue weighted by atomic mass is 9.63. The number of rotatable bonds is 1. The van der Waals surface area contributed by atoms with E-state index in [1.807, 2.05) is 12.1 Å². The summed E-state index contributed by atoms with van der Waals surface area (Å²) in [5.74, 6) is -1.14. The quantitative estimate of drug-likeness (QED) is 0.549. The van der Waals surface area contributed by atoms with Crippen molar-refractivity contribution < 1.29 is 19.4 Å². The molecule has 144 valence electrons. The zero-order valence-corrected chi connectivity index (χ0v) is 16.5. The number of fused-ring (bicyclic) bond motifs is 9. The molecule has 6 nitrogen and oxygen atoms in total. The normalized spacial score (nSPS) is 40.2. The number of aromatic amines is 1. The lowest BCUT2D eigenvalue weighted by molar-refractivity contribution is -0.154. The van der Waals surface area contributed by atoms with Crippen LogP contribution in [0, 0.1) is 29.6 Å². The van der Waals surface area contributed by atoms with Gasteiger partial charge in [0.05, 0.1) is 16.9 Å². The van der Waals surface area contributed by atoms with Crippen LogP contribution in [-0.2, 0) is 14.3 Å². The molecule has 4 aliphatic rings. The summed E-state index contributed by atoms with van der Waals surface area (Å²) in [6, 6.07) is 7.11. The van der Waals surface area contributed by atoms with Crippen molar-refractivity contribution in [3.05, 3.63) is 44.4 Å². The van der Waals surface area contributed by atoms with Crippen molar-refractivity contribution in [3.63, 3.8) is 0 Å². The fourth-order valence-electron chi connectivity index (χ4n) is 6.36. The number of hydrogen-bond acceptors (Lipinski definition) is 7. The first-order valence-electron chi connectivity index (χ1n) is 9.35. The number of thiazole rings is 1. The maximum atomic E-state index is 12.4. The molecule has 2 aliphatic carbocycles. The Balaban J connectivity index is 1.56. The van der Waals surface area contributed by atoms with Crippen LogP contribution in [0.1, 0.15) is 29.7 Å². The smallest absolute Gasteiger partial charge is 0.317 e. The highest BCUT2D eigenvalue weighted by Gasteiger charge is 2.73. The van der Waals surface area contributed by atoms with E-state index in [0.717, 1.165) is 21.9 Å². The van der Waals surface area contributed by atoms with Gasteiger partial charge in [-0.2, -0.15) is 0 Å². The van der Waals surface area contributed by atoms with Crippen molar-refractivity contribution in [2.75, 3.05) is 0 Å². The summed E-state index contributed by atoms with van der Waals surface area (Å²) in [5.41, 5.74) is 1.02. The first-order valence-corrected chi connectivity index (χ1v) is 11.0. The SMILES string of the molecule is C[C@@]12Sc3[nH]c(=O)sc3[C@@H](c3ccc(O)cc3)[C@H]1[C@@H]1C[C@H]2[C@H]2C(=O)OC(=O)[C@H]12. The van der Waals surface area contributed by atoms with Crippen molar-refractivity contribution >= 4 is 35.0 Å². The van der Waals surface area contributed by atoms with Gasteiger partial charge in [0.1, 0.15) is 5.75 Å². The molecule has 6 rings (SSSR count). The maximum absolute atomic E-state index is 12.4. The molecule has 1 saturated heterocycles. The van der Waals surface area contributed by atoms with Crippen molar-refractivity contribution in [2.45, 2.75) is 29.0 Å². The number of H-pyrrole nitrogens is 1. The fraction of sp³-hybridized carbons (Fsp3) is 0.450. The maximum Gasteiger partial charge on any atom is 0.317 e. The number of cyclic esters (lactones) is 2. The Morgan fingerprint density at radius 2 is 1.86 bits per heavy atom. The van der Waals surface area contributed by atoms with Crippen LogP contribution in [0.25, 0.3) is 0 Å². The van der Waals surface area contributed by atoms with Gasteiger partial charge in [0, 0.05) is 15.5 Å². The van der Waals surface area contributed by atoms with Crippen LogP contribution >= 0.6 is 23.1 Å². The zero-order valence-electron chi connectivity index (χ0n) is 14.9. The van der Waals surface area contributed by atoms with Crippen molar-refractivity contribution in [1.82, 2.24) is 4.98 Å². The van der Waals surface area contributed by atoms with E-state index in [0.29, 0.717) is 0 Å². The molecule has 2 N–H and O–H groups in total. The van der Waals surface area contributed by atoms with Crippen LogP contribution in [-0.4, -0.2) is 26.8 Å². The van der Waals surface area contributed by atoms with E-state index in [9.17, 15) is 19.5 Å². The third-order valence-corrected chi connectivity index (χ3v) is 9.91. The molecular formula is C20H17NO5S2. The molecule has 0 amide bonds. The lowest BCUT2D eigenvalue weighted by Gasteiger charge is -2.49. The largest absolute Gasteiger partial charge is 0.508 e. The second-order valence-corrected chi connectivity index (χ2v) is 10.9. The van der Waals surface area contributed by atoms with Gasteiger partial charge < -0.3 is 14.8 Å². The van der Waals surface area contributed by atoms with E-state index in [1.165, 1.54) is 11.3 Å². The first kappa shape index (κ1) is 16.9. The zero-order chi connectivity index (χ0) is 19.4. The molecule has 8 heteroatoms. The molecule has 3 heterocycles. The molecule has 7 atom stereocenters. The average Bonchev–Trinajstić information content (AvgIpc) is 3.34. The number of phenols is 1. The number of hydrogen-bond donors (Lipinski definition) is 2. The van der Waals surface area contributed by atoms with Gasteiger partial charge in [-0.05, 0) is 48.8 Å². The Bertz CT molecular complexity index is 1090. The number of esters is 2. The number of ether oxygens (including phenoxy) is 1. The van der Waals surface area contributed by atoms with Crippen molar-refractivity contribution in [1.29, 1.82) is 0 Å². The number of aromatic nitrogens is 1. The molecule has 3 fully saturated rings. The Labute approximate surface area is 168 Å². The highest BCUT2D eigenvalue weighted by atomic mass is 32.2. The predicted octanol–water partition coefficient (Wildman–Crippen LogP) is 2.72. The van der Waals surface area contributed by atoms with E-state index in [4.69, 9.17) is 4.74 Å². The molecule has 28 heavy (non-hydrogen) atoms. The van der Waals surface area contributed by atoms with Crippen LogP contribution < -0.4 is 4.87 Å². The molecule has 0 unspecified atom stereocenters. The third kappa shape index (κ3) is 1.92. The number of aromatic hydroxyl groups is 1. The molecule has 2 saturated carbocycles. The minimum atomic E-state index is -0.382. The number of benzene rings is 1. The Kier molecular flexibility index (Phi) is 3.19. The molecule has 0 radical (unpaired) electrons. The summed E-state index contributed by atoms with van der Waals surface area (Å²) in [7, 11) is 0. The lowest BCUT2D eigenvalue weighted by Crippen LogP contribution is -2.50. The molecule has 1 aromatic carbocycles.